The lowest BCUT2D eigenvalue weighted by Crippen LogP contribution is -2.11. The third-order valence-corrected chi connectivity index (χ3v) is 4.38. The van der Waals surface area contributed by atoms with Crippen LogP contribution in [-0.4, -0.2) is 20.6 Å². The van der Waals surface area contributed by atoms with Crippen LogP contribution in [0.4, 0.5) is 4.39 Å². The lowest BCUT2D eigenvalue weighted by atomic mass is 10.1. The number of nitrogens with one attached hydrogen (secondary N) is 1. The van der Waals surface area contributed by atoms with Crippen molar-refractivity contribution >= 4 is 22.6 Å². The van der Waals surface area contributed by atoms with Crippen molar-refractivity contribution in [2.24, 2.45) is 0 Å². The summed E-state index contributed by atoms with van der Waals surface area (Å²) in [5.74, 6) is -0.00166. The molecule has 2 aromatic carbocycles. The van der Waals surface area contributed by atoms with Crippen LogP contribution in [0.5, 0.6) is 5.75 Å². The van der Waals surface area contributed by atoms with Gasteiger partial charge in [-0.3, -0.25) is 4.79 Å². The number of aryl methyl sites for hydroxylation is 1. The van der Waals surface area contributed by atoms with Gasteiger partial charge < -0.3 is 9.15 Å². The molecule has 136 valence electrons. The number of aromatic amines is 1. The van der Waals surface area contributed by atoms with E-state index < -0.39 is 5.82 Å². The quantitative estimate of drug-likeness (QED) is 0.575. The maximum absolute atomic E-state index is 13.3. The van der Waals surface area contributed by atoms with E-state index >= 15 is 0 Å². The van der Waals surface area contributed by atoms with Crippen LogP contribution in [0.1, 0.15) is 11.4 Å². The standard InChI is InChI=1S/C18H12ClFN4O3/c1-9-6-12-14(7-13(9)19)27-17(10-2-4-11(20)5-3-10)18(16(12)25)26-8-15-21-23-24-22-15/h2-7H,8H2,1H3,(H,21,22,23,24). The average Bonchev–Trinajstić information content (AvgIpc) is 3.17. The SMILES string of the molecule is Cc1cc2c(=O)c(OCc3nn[nH]n3)c(-c3ccc(F)cc3)oc2cc1Cl. The van der Waals surface area contributed by atoms with E-state index in [1.165, 1.54) is 24.3 Å². The number of rotatable bonds is 4. The third kappa shape index (κ3) is 3.26. The molecule has 9 heteroatoms. The zero-order valence-corrected chi connectivity index (χ0v) is 14.7. The Bertz CT molecular complexity index is 1170. The van der Waals surface area contributed by atoms with Gasteiger partial charge in [-0.2, -0.15) is 5.21 Å². The van der Waals surface area contributed by atoms with Crippen molar-refractivity contribution in [2.45, 2.75) is 13.5 Å². The van der Waals surface area contributed by atoms with Gasteiger partial charge in [0.25, 0.3) is 0 Å². The lowest BCUT2D eigenvalue weighted by Gasteiger charge is -2.11. The van der Waals surface area contributed by atoms with E-state index in [0.29, 0.717) is 21.6 Å². The van der Waals surface area contributed by atoms with Gasteiger partial charge in [-0.25, -0.2) is 4.39 Å². The maximum atomic E-state index is 13.3. The second-order valence-electron chi connectivity index (χ2n) is 5.81. The Morgan fingerprint density at radius 1 is 1.26 bits per heavy atom. The van der Waals surface area contributed by atoms with Crippen LogP contribution in [-0.2, 0) is 6.61 Å². The Labute approximate surface area is 156 Å². The first-order valence-corrected chi connectivity index (χ1v) is 8.29. The molecule has 0 aliphatic rings. The fourth-order valence-electron chi connectivity index (χ4n) is 2.61. The molecule has 0 radical (unpaired) electrons. The molecule has 0 unspecified atom stereocenters. The van der Waals surface area contributed by atoms with Crippen molar-refractivity contribution in [1.82, 2.24) is 20.6 Å². The van der Waals surface area contributed by atoms with E-state index in [4.69, 9.17) is 20.8 Å². The summed E-state index contributed by atoms with van der Waals surface area (Å²) in [6, 6.07) is 8.74. The van der Waals surface area contributed by atoms with E-state index in [1.54, 1.807) is 19.1 Å². The van der Waals surface area contributed by atoms with Crippen LogP contribution in [0, 0.1) is 12.7 Å². The minimum absolute atomic E-state index is 0.0272. The van der Waals surface area contributed by atoms with Crippen LogP contribution >= 0.6 is 11.6 Å². The van der Waals surface area contributed by atoms with Gasteiger partial charge in [-0.1, -0.05) is 16.8 Å². The number of hydrogen-bond donors (Lipinski definition) is 1. The first-order chi connectivity index (χ1) is 13.0. The zero-order chi connectivity index (χ0) is 19.0. The van der Waals surface area contributed by atoms with Gasteiger partial charge in [0.15, 0.2) is 12.4 Å². The summed E-state index contributed by atoms with van der Waals surface area (Å²) in [7, 11) is 0. The van der Waals surface area contributed by atoms with Gasteiger partial charge in [-0.15, -0.1) is 10.2 Å². The Hall–Kier alpha value is -3.26. The maximum Gasteiger partial charge on any atom is 0.235 e. The number of nitrogens with zero attached hydrogens (tertiary/aromatic N) is 3. The molecule has 2 aromatic heterocycles. The van der Waals surface area contributed by atoms with Gasteiger partial charge in [-0.05, 0) is 42.8 Å². The molecule has 2 heterocycles. The molecule has 0 aliphatic carbocycles. The fourth-order valence-corrected chi connectivity index (χ4v) is 2.76. The van der Waals surface area contributed by atoms with E-state index in [9.17, 15) is 9.18 Å². The highest BCUT2D eigenvalue weighted by Gasteiger charge is 2.19. The van der Waals surface area contributed by atoms with Gasteiger partial charge in [0.05, 0.1) is 5.39 Å². The highest BCUT2D eigenvalue weighted by Crippen LogP contribution is 2.33. The number of ether oxygens (including phenoxy) is 1. The highest BCUT2D eigenvalue weighted by molar-refractivity contribution is 6.32. The van der Waals surface area contributed by atoms with Gasteiger partial charge in [0.2, 0.25) is 17.0 Å². The molecule has 27 heavy (non-hydrogen) atoms. The van der Waals surface area contributed by atoms with Crippen molar-refractivity contribution in [3.8, 4) is 17.1 Å². The average molecular weight is 387 g/mol. The second kappa shape index (κ2) is 6.81. The van der Waals surface area contributed by atoms with Crippen molar-refractivity contribution < 1.29 is 13.5 Å². The van der Waals surface area contributed by atoms with Crippen molar-refractivity contribution in [3.05, 3.63) is 68.8 Å². The Kier molecular flexibility index (Phi) is 4.33. The van der Waals surface area contributed by atoms with E-state index in [2.05, 4.69) is 20.6 Å². The highest BCUT2D eigenvalue weighted by atomic mass is 35.5. The van der Waals surface area contributed by atoms with Crippen molar-refractivity contribution in [1.29, 1.82) is 0 Å². The summed E-state index contributed by atoms with van der Waals surface area (Å²) in [4.78, 5) is 13.0. The van der Waals surface area contributed by atoms with Crippen LogP contribution < -0.4 is 10.2 Å². The molecule has 0 fully saturated rings. The number of fused-ring (bicyclic) bond motifs is 1. The summed E-state index contributed by atoms with van der Waals surface area (Å²) >= 11 is 6.16. The van der Waals surface area contributed by atoms with Crippen LogP contribution in [0.15, 0.2) is 45.6 Å². The molecule has 4 rings (SSSR count). The minimum Gasteiger partial charge on any atom is -0.478 e. The van der Waals surface area contributed by atoms with Crippen LogP contribution in [0.3, 0.4) is 0 Å². The molecule has 0 spiro atoms. The number of hydrogen-bond acceptors (Lipinski definition) is 6. The second-order valence-corrected chi connectivity index (χ2v) is 6.22. The molecule has 0 aliphatic heterocycles. The Morgan fingerprint density at radius 2 is 2.04 bits per heavy atom. The molecule has 4 aromatic rings. The summed E-state index contributed by atoms with van der Waals surface area (Å²) < 4.78 is 24.9. The van der Waals surface area contributed by atoms with Gasteiger partial charge in [0, 0.05) is 16.7 Å². The molecule has 0 atom stereocenters. The molecule has 1 N–H and O–H groups in total. The summed E-state index contributed by atoms with van der Waals surface area (Å²) in [6.07, 6.45) is 0. The Morgan fingerprint density at radius 3 is 2.74 bits per heavy atom. The summed E-state index contributed by atoms with van der Waals surface area (Å²) in [5.41, 5.74) is 1.14. The number of tetrazole rings is 1. The number of aromatic nitrogens is 4. The molecule has 0 saturated heterocycles. The smallest absolute Gasteiger partial charge is 0.235 e. The molecular formula is C18H12ClFN4O3. The molecule has 0 saturated carbocycles. The molecular weight excluding hydrogens is 375 g/mol. The molecule has 7 nitrogen and oxygen atoms in total. The van der Waals surface area contributed by atoms with Gasteiger partial charge >= 0.3 is 0 Å². The number of H-pyrrole nitrogens is 1. The van der Waals surface area contributed by atoms with E-state index in [1.807, 2.05) is 0 Å². The third-order valence-electron chi connectivity index (χ3n) is 3.97. The first-order valence-electron chi connectivity index (χ1n) is 7.91. The predicted molar refractivity (Wildman–Crippen MR) is 96.1 cm³/mol. The fraction of sp³-hybridized carbons (Fsp3) is 0.111. The summed E-state index contributed by atoms with van der Waals surface area (Å²) in [6.45, 7) is 1.70. The first kappa shape index (κ1) is 17.2. The van der Waals surface area contributed by atoms with E-state index in [0.717, 1.165) is 5.56 Å². The van der Waals surface area contributed by atoms with E-state index in [-0.39, 0.29) is 29.4 Å². The van der Waals surface area contributed by atoms with Crippen molar-refractivity contribution in [2.75, 3.05) is 0 Å². The number of benzene rings is 2. The lowest BCUT2D eigenvalue weighted by molar-refractivity contribution is 0.288. The zero-order valence-electron chi connectivity index (χ0n) is 14.0. The topological polar surface area (TPSA) is 93.9 Å². The van der Waals surface area contributed by atoms with Crippen LogP contribution in [0.25, 0.3) is 22.3 Å². The van der Waals surface area contributed by atoms with Gasteiger partial charge in [0.1, 0.15) is 11.4 Å². The minimum atomic E-state index is -0.408. The molecule has 0 bridgehead atoms. The summed E-state index contributed by atoms with van der Waals surface area (Å²) in [5, 5.41) is 14.1. The van der Waals surface area contributed by atoms with Crippen molar-refractivity contribution in [3.63, 3.8) is 0 Å². The predicted octanol–water partition coefficient (Wildman–Crippen LogP) is 3.65. The van der Waals surface area contributed by atoms with Crippen LogP contribution in [0.2, 0.25) is 5.02 Å². The number of halogens is 2. The molecule has 0 amide bonds. The monoisotopic (exact) mass is 386 g/mol. The normalized spacial score (nSPS) is 11.1. The Balaban J connectivity index is 1.91. The largest absolute Gasteiger partial charge is 0.478 e.